The Morgan fingerprint density at radius 2 is 2.03 bits per heavy atom. The number of hydrogen-bond acceptors (Lipinski definition) is 8. The Kier molecular flexibility index (Phi) is 5.44. The van der Waals surface area contributed by atoms with Gasteiger partial charge in [0.25, 0.3) is 5.92 Å². The van der Waals surface area contributed by atoms with Crippen LogP contribution in [-0.2, 0) is 6.42 Å². The van der Waals surface area contributed by atoms with Gasteiger partial charge in [-0.05, 0) is 32.8 Å². The van der Waals surface area contributed by atoms with Crippen molar-refractivity contribution in [2.45, 2.75) is 57.1 Å². The van der Waals surface area contributed by atoms with Gasteiger partial charge in [0.05, 0.1) is 58.6 Å². The summed E-state index contributed by atoms with van der Waals surface area (Å²) in [7, 11) is 0. The van der Waals surface area contributed by atoms with Crippen LogP contribution in [-0.4, -0.2) is 57.2 Å². The molecule has 4 aromatic heterocycles. The van der Waals surface area contributed by atoms with Gasteiger partial charge >= 0.3 is 0 Å². The molecule has 180 valence electrons. The van der Waals surface area contributed by atoms with E-state index in [1.165, 1.54) is 10.7 Å². The molecule has 1 aliphatic rings. The second kappa shape index (κ2) is 8.35. The first-order valence-corrected chi connectivity index (χ1v) is 11.1. The van der Waals surface area contributed by atoms with Gasteiger partial charge in [-0.1, -0.05) is 5.21 Å². The fraction of sp³-hybridized carbons (Fsp3) is 0.391. The number of nitrogens with one attached hydrogen (secondary N) is 1. The van der Waals surface area contributed by atoms with Crippen molar-refractivity contribution in [3.8, 4) is 23.0 Å². The minimum atomic E-state index is -2.67. The van der Waals surface area contributed by atoms with E-state index in [0.717, 1.165) is 0 Å². The zero-order valence-electron chi connectivity index (χ0n) is 19.2. The minimum absolute atomic E-state index is 0.256. The van der Waals surface area contributed by atoms with Gasteiger partial charge < -0.3 is 10.4 Å². The molecule has 4 aromatic rings. The van der Waals surface area contributed by atoms with Gasteiger partial charge in [-0.15, -0.1) is 5.10 Å². The average Bonchev–Trinajstić information content (AvgIpc) is 3.42. The standard InChI is InChI=1S/C23H23F2N9O/c1-22(2,35)4-3-15-13-33(32-31-15)20-11-27-18(5-19(20)30-16-6-23(24,25)7-16)17-10-29-34-12-14(8-26)9-28-21(17)34/h5,9-13,16,35H,3-4,6-7H2,1-2H3,(H,27,30). The molecule has 0 amide bonds. The summed E-state index contributed by atoms with van der Waals surface area (Å²) in [6, 6.07) is 3.38. The van der Waals surface area contributed by atoms with Crippen LogP contribution in [0.5, 0.6) is 0 Å². The van der Waals surface area contributed by atoms with Crippen molar-refractivity contribution in [3.05, 3.63) is 48.3 Å². The first-order valence-electron chi connectivity index (χ1n) is 11.1. The quantitative estimate of drug-likeness (QED) is 0.413. The monoisotopic (exact) mass is 479 g/mol. The van der Waals surface area contributed by atoms with E-state index >= 15 is 0 Å². The molecule has 1 aliphatic carbocycles. The lowest BCUT2D eigenvalue weighted by molar-refractivity contribution is -0.0793. The van der Waals surface area contributed by atoms with Crippen LogP contribution < -0.4 is 5.32 Å². The SMILES string of the molecule is CC(C)(O)CCc1cn(-c2cnc(-c3cnn4cc(C#N)cnc34)cc2NC2CC(F)(F)C2)nn1. The topological polar surface area (TPSA) is 130 Å². The van der Waals surface area contributed by atoms with E-state index in [1.807, 2.05) is 6.07 Å². The minimum Gasteiger partial charge on any atom is -0.390 e. The van der Waals surface area contributed by atoms with Crippen LogP contribution >= 0.6 is 0 Å². The van der Waals surface area contributed by atoms with Crippen LogP contribution in [0.25, 0.3) is 22.6 Å². The molecular weight excluding hydrogens is 456 g/mol. The van der Waals surface area contributed by atoms with Crippen molar-refractivity contribution >= 4 is 11.3 Å². The van der Waals surface area contributed by atoms with E-state index in [4.69, 9.17) is 5.26 Å². The Bertz CT molecular complexity index is 1420. The highest BCUT2D eigenvalue weighted by atomic mass is 19.3. The predicted octanol–water partition coefficient (Wildman–Crippen LogP) is 3.16. The first kappa shape index (κ1) is 22.8. The van der Waals surface area contributed by atoms with Gasteiger partial charge in [-0.3, -0.25) is 4.98 Å². The molecule has 4 heterocycles. The molecule has 0 radical (unpaired) electrons. The Morgan fingerprint density at radius 3 is 2.74 bits per heavy atom. The predicted molar refractivity (Wildman–Crippen MR) is 122 cm³/mol. The molecule has 1 saturated carbocycles. The average molecular weight is 479 g/mol. The van der Waals surface area contributed by atoms with Crippen molar-refractivity contribution < 1.29 is 13.9 Å². The lowest BCUT2D eigenvalue weighted by Crippen LogP contribution is -2.44. The molecule has 2 N–H and O–H groups in total. The third-order valence-electron chi connectivity index (χ3n) is 5.87. The zero-order chi connectivity index (χ0) is 24.8. The van der Waals surface area contributed by atoms with Crippen LogP contribution in [0.1, 0.15) is 44.4 Å². The van der Waals surface area contributed by atoms with Crippen LogP contribution in [0.15, 0.2) is 37.1 Å². The molecule has 1 fully saturated rings. The molecule has 0 spiro atoms. The van der Waals surface area contributed by atoms with Crippen molar-refractivity contribution in [1.29, 1.82) is 5.26 Å². The molecule has 0 saturated heterocycles. The Balaban J connectivity index is 1.50. The number of aromatic nitrogens is 7. The fourth-order valence-electron chi connectivity index (χ4n) is 3.95. The summed E-state index contributed by atoms with van der Waals surface area (Å²) in [6.07, 6.45) is 8.48. The lowest BCUT2D eigenvalue weighted by atomic mass is 9.88. The molecule has 10 nitrogen and oxygen atoms in total. The van der Waals surface area contributed by atoms with Gasteiger partial charge in [-0.25, -0.2) is 23.0 Å². The Hall–Kier alpha value is -3.98. The normalized spacial score (nSPS) is 15.7. The highest BCUT2D eigenvalue weighted by Crippen LogP contribution is 2.40. The number of alkyl halides is 2. The number of nitriles is 1. The van der Waals surface area contributed by atoms with Crippen molar-refractivity contribution in [3.63, 3.8) is 0 Å². The number of halogens is 2. The number of anilines is 1. The molecule has 12 heteroatoms. The third-order valence-corrected chi connectivity index (χ3v) is 5.87. The number of rotatable bonds is 7. The van der Waals surface area contributed by atoms with Crippen molar-refractivity contribution in [1.82, 2.24) is 34.6 Å². The second-order valence-electron chi connectivity index (χ2n) is 9.44. The molecule has 0 aromatic carbocycles. The second-order valence-corrected chi connectivity index (χ2v) is 9.44. The Labute approximate surface area is 199 Å². The van der Waals surface area contributed by atoms with Crippen LogP contribution in [0, 0.1) is 11.3 Å². The summed E-state index contributed by atoms with van der Waals surface area (Å²) in [5.74, 6) is -2.67. The molecule has 0 unspecified atom stereocenters. The molecule has 0 aliphatic heterocycles. The van der Waals surface area contributed by atoms with E-state index in [2.05, 4.69) is 30.7 Å². The summed E-state index contributed by atoms with van der Waals surface area (Å²) >= 11 is 0. The molecule has 0 bridgehead atoms. The van der Waals surface area contributed by atoms with Crippen LogP contribution in [0.3, 0.4) is 0 Å². The molecule has 0 atom stereocenters. The maximum absolute atomic E-state index is 13.5. The van der Waals surface area contributed by atoms with E-state index in [0.29, 0.717) is 52.4 Å². The maximum atomic E-state index is 13.5. The number of fused-ring (bicyclic) bond motifs is 1. The highest BCUT2D eigenvalue weighted by molar-refractivity contribution is 5.78. The van der Waals surface area contributed by atoms with Gasteiger partial charge in [0, 0.05) is 25.1 Å². The maximum Gasteiger partial charge on any atom is 0.252 e. The van der Waals surface area contributed by atoms with Crippen LogP contribution in [0.2, 0.25) is 0 Å². The summed E-state index contributed by atoms with van der Waals surface area (Å²) in [5.41, 5.74) is 3.05. The van der Waals surface area contributed by atoms with Gasteiger partial charge in [-0.2, -0.15) is 10.4 Å². The van der Waals surface area contributed by atoms with E-state index < -0.39 is 17.6 Å². The summed E-state index contributed by atoms with van der Waals surface area (Å²) in [4.78, 5) is 8.87. The molecule has 35 heavy (non-hydrogen) atoms. The number of hydrogen-bond donors (Lipinski definition) is 2. The van der Waals surface area contributed by atoms with Gasteiger partial charge in [0.1, 0.15) is 11.8 Å². The summed E-state index contributed by atoms with van der Waals surface area (Å²) < 4.78 is 30.0. The summed E-state index contributed by atoms with van der Waals surface area (Å²) in [5, 5.41) is 34.9. The third kappa shape index (κ3) is 4.81. The number of nitrogens with zero attached hydrogens (tertiary/aromatic N) is 8. The molecular formula is C23H23F2N9O. The first-order chi connectivity index (χ1) is 16.6. The number of pyridine rings is 1. The Morgan fingerprint density at radius 1 is 1.23 bits per heavy atom. The molecule has 5 rings (SSSR count). The number of aryl methyl sites for hydroxylation is 1. The summed E-state index contributed by atoms with van der Waals surface area (Å²) in [6.45, 7) is 3.46. The zero-order valence-corrected chi connectivity index (χ0v) is 19.2. The van der Waals surface area contributed by atoms with Gasteiger partial charge in [0.2, 0.25) is 0 Å². The van der Waals surface area contributed by atoms with E-state index in [1.54, 1.807) is 49.4 Å². The largest absolute Gasteiger partial charge is 0.390 e. The van der Waals surface area contributed by atoms with E-state index in [-0.39, 0.29) is 12.8 Å². The van der Waals surface area contributed by atoms with Crippen LogP contribution in [0.4, 0.5) is 14.5 Å². The number of aliphatic hydroxyl groups is 1. The smallest absolute Gasteiger partial charge is 0.252 e. The fourth-order valence-corrected chi connectivity index (χ4v) is 3.95. The van der Waals surface area contributed by atoms with Crippen molar-refractivity contribution in [2.24, 2.45) is 0 Å². The lowest BCUT2D eigenvalue weighted by Gasteiger charge is -2.36. The van der Waals surface area contributed by atoms with Gasteiger partial charge in [0.15, 0.2) is 5.65 Å². The highest BCUT2D eigenvalue weighted by Gasteiger charge is 2.45. The van der Waals surface area contributed by atoms with E-state index in [9.17, 15) is 13.9 Å². The van der Waals surface area contributed by atoms with Crippen molar-refractivity contribution in [2.75, 3.05) is 5.32 Å².